The molecule has 43 heavy (non-hydrogen) atoms. The fourth-order valence-electron chi connectivity index (χ4n) is 4.61. The largest absolute Gasteiger partial charge is 0.481 e. The van der Waals surface area contributed by atoms with Gasteiger partial charge in [0.15, 0.2) is 5.96 Å². The first kappa shape index (κ1) is 34.5. The number of carbonyl (C=O) groups excluding carboxylic acids is 5. The third-order valence-electron chi connectivity index (χ3n) is 7.14. The van der Waals surface area contributed by atoms with Gasteiger partial charge in [-0.15, -0.1) is 0 Å². The summed E-state index contributed by atoms with van der Waals surface area (Å²) in [7, 11) is 2.66. The standard InChI is InChI=1S/C28H42N8O7/c1-16(2)23-27(43)36(4)19(11-8-12-31-28(29)30)25(41)32-15-21(37)35(3)20(14-22(38)39)26(42)33-18(24(40)34-23)13-17-9-6-5-7-10-17/h5-7,9-10,16,18-20,23H,8,11-15H2,1-4H3,(H,32,41)(H,33,42)(H,34,40)(H,38,39)(H4,29,30,31)/t18-,19+,20+,23+/m1/s1. The van der Waals surface area contributed by atoms with E-state index in [0.29, 0.717) is 12.0 Å². The lowest BCUT2D eigenvalue weighted by Gasteiger charge is -2.33. The molecule has 8 N–H and O–H groups in total. The number of likely N-dealkylation sites (N-methyl/N-ethyl adjacent to an activating group) is 2. The van der Waals surface area contributed by atoms with Gasteiger partial charge in [0, 0.05) is 27.1 Å². The molecule has 1 aliphatic heterocycles. The minimum absolute atomic E-state index is 0.0260. The highest BCUT2D eigenvalue weighted by Gasteiger charge is 2.37. The molecule has 236 valence electrons. The summed E-state index contributed by atoms with van der Waals surface area (Å²) < 4.78 is 0. The van der Waals surface area contributed by atoms with Crippen molar-refractivity contribution in [1.82, 2.24) is 25.8 Å². The molecule has 4 atom stereocenters. The summed E-state index contributed by atoms with van der Waals surface area (Å²) in [5, 5.41) is 17.3. The number of carbonyl (C=O) groups is 6. The molecule has 0 aromatic heterocycles. The van der Waals surface area contributed by atoms with Crippen LogP contribution in [-0.4, -0.2) is 108 Å². The van der Waals surface area contributed by atoms with E-state index in [1.165, 1.54) is 19.0 Å². The average molecular weight is 603 g/mol. The van der Waals surface area contributed by atoms with Crippen LogP contribution >= 0.6 is 0 Å². The van der Waals surface area contributed by atoms with Crippen molar-refractivity contribution in [3.8, 4) is 0 Å². The molecule has 15 heteroatoms. The van der Waals surface area contributed by atoms with E-state index in [1.807, 2.05) is 0 Å². The molecule has 1 aromatic rings. The Labute approximate surface area is 250 Å². The first-order valence-electron chi connectivity index (χ1n) is 13.9. The van der Waals surface area contributed by atoms with Gasteiger partial charge in [0.1, 0.15) is 24.2 Å². The van der Waals surface area contributed by atoms with Gasteiger partial charge in [-0.1, -0.05) is 44.2 Å². The second-order valence-electron chi connectivity index (χ2n) is 10.7. The van der Waals surface area contributed by atoms with Crippen LogP contribution in [0.4, 0.5) is 0 Å². The highest BCUT2D eigenvalue weighted by molar-refractivity contribution is 5.98. The van der Waals surface area contributed by atoms with E-state index in [-0.39, 0.29) is 25.3 Å². The molecule has 1 fully saturated rings. The lowest BCUT2D eigenvalue weighted by molar-refractivity contribution is -0.146. The number of hydrogen-bond acceptors (Lipinski definition) is 7. The molecule has 5 amide bonds. The molecule has 0 spiro atoms. The fraction of sp³-hybridized carbons (Fsp3) is 0.536. The van der Waals surface area contributed by atoms with E-state index >= 15 is 0 Å². The van der Waals surface area contributed by atoms with E-state index in [1.54, 1.807) is 44.2 Å². The van der Waals surface area contributed by atoms with Gasteiger partial charge in [0.2, 0.25) is 29.5 Å². The zero-order valence-electron chi connectivity index (χ0n) is 24.9. The number of aliphatic imine (C=N–C) groups is 1. The normalized spacial score (nSPS) is 22.7. The zero-order valence-corrected chi connectivity index (χ0v) is 24.9. The first-order valence-corrected chi connectivity index (χ1v) is 13.9. The van der Waals surface area contributed by atoms with Gasteiger partial charge in [-0.2, -0.15) is 0 Å². The summed E-state index contributed by atoms with van der Waals surface area (Å²) in [4.78, 5) is 84.8. The lowest BCUT2D eigenvalue weighted by Crippen LogP contribution is -2.59. The van der Waals surface area contributed by atoms with Crippen LogP contribution in [0, 0.1) is 5.92 Å². The summed E-state index contributed by atoms with van der Waals surface area (Å²) in [5.41, 5.74) is 11.5. The molecule has 15 nitrogen and oxygen atoms in total. The van der Waals surface area contributed by atoms with E-state index < -0.39 is 78.6 Å². The van der Waals surface area contributed by atoms with Gasteiger partial charge in [-0.05, 0) is 24.3 Å². The maximum absolute atomic E-state index is 13.7. The fourth-order valence-corrected chi connectivity index (χ4v) is 4.61. The monoisotopic (exact) mass is 602 g/mol. The Morgan fingerprint density at radius 3 is 2.21 bits per heavy atom. The Morgan fingerprint density at radius 1 is 0.977 bits per heavy atom. The quantitative estimate of drug-likeness (QED) is 0.106. The molecule has 0 radical (unpaired) electrons. The van der Waals surface area contributed by atoms with Gasteiger partial charge in [-0.25, -0.2) is 0 Å². The number of nitrogens with zero attached hydrogens (tertiary/aromatic N) is 3. The number of nitrogens with two attached hydrogens (primary N) is 2. The molecule has 2 rings (SSSR count). The molecule has 1 aromatic carbocycles. The maximum Gasteiger partial charge on any atom is 0.305 e. The maximum atomic E-state index is 13.7. The molecule has 1 saturated heterocycles. The van der Waals surface area contributed by atoms with Crippen LogP contribution in [0.25, 0.3) is 0 Å². The predicted molar refractivity (Wildman–Crippen MR) is 157 cm³/mol. The topological polar surface area (TPSA) is 230 Å². The van der Waals surface area contributed by atoms with E-state index in [4.69, 9.17) is 11.5 Å². The number of rotatable bonds is 9. The van der Waals surface area contributed by atoms with Gasteiger partial charge in [-0.3, -0.25) is 33.8 Å². The van der Waals surface area contributed by atoms with Gasteiger partial charge >= 0.3 is 5.97 Å². The number of guanidine groups is 1. The predicted octanol–water partition coefficient (Wildman–Crippen LogP) is -1.83. The van der Waals surface area contributed by atoms with Gasteiger partial charge in [0.25, 0.3) is 0 Å². The molecule has 0 aliphatic carbocycles. The Kier molecular flexibility index (Phi) is 12.9. The second-order valence-corrected chi connectivity index (χ2v) is 10.7. The minimum Gasteiger partial charge on any atom is -0.481 e. The third kappa shape index (κ3) is 10.3. The summed E-state index contributed by atoms with van der Waals surface area (Å²) in [6, 6.07) is 3.97. The SMILES string of the molecule is CC(C)[C@@H]1NC(=O)[C@@H](Cc2ccccc2)NC(=O)[C@H](CC(=O)O)N(C)C(=O)CNC(=O)[C@H](CCCN=C(N)N)N(C)C1=O. The number of nitrogens with one attached hydrogen (secondary N) is 3. The van der Waals surface area contributed by atoms with E-state index in [2.05, 4.69) is 20.9 Å². The van der Waals surface area contributed by atoms with Crippen molar-refractivity contribution >= 4 is 41.5 Å². The zero-order chi connectivity index (χ0) is 32.3. The number of carboxylic acids is 1. The smallest absolute Gasteiger partial charge is 0.305 e. The van der Waals surface area contributed by atoms with Crippen molar-refractivity contribution in [1.29, 1.82) is 0 Å². The van der Waals surface area contributed by atoms with E-state index in [9.17, 15) is 33.9 Å². The molecule has 1 aliphatic rings. The number of benzene rings is 1. The van der Waals surface area contributed by atoms with Crippen LogP contribution in [0.5, 0.6) is 0 Å². The van der Waals surface area contributed by atoms with Crippen LogP contribution in [0.2, 0.25) is 0 Å². The van der Waals surface area contributed by atoms with Crippen molar-refractivity contribution in [2.24, 2.45) is 22.4 Å². The Hall–Kier alpha value is -4.69. The summed E-state index contributed by atoms with van der Waals surface area (Å²) in [5.74, 6) is -5.43. The van der Waals surface area contributed by atoms with Crippen LogP contribution in [0.3, 0.4) is 0 Å². The lowest BCUT2D eigenvalue weighted by atomic mass is 9.99. The number of hydrogen-bond donors (Lipinski definition) is 6. The minimum atomic E-state index is -1.49. The van der Waals surface area contributed by atoms with Crippen LogP contribution in [-0.2, 0) is 35.2 Å². The molecule has 0 saturated carbocycles. The molecule has 0 unspecified atom stereocenters. The highest BCUT2D eigenvalue weighted by Crippen LogP contribution is 2.14. The van der Waals surface area contributed by atoms with Crippen molar-refractivity contribution in [2.75, 3.05) is 27.2 Å². The number of carboxylic acid groups (broad SMARTS) is 1. The van der Waals surface area contributed by atoms with Crippen LogP contribution in [0.1, 0.15) is 38.7 Å². The van der Waals surface area contributed by atoms with Crippen molar-refractivity contribution in [2.45, 2.75) is 63.7 Å². The van der Waals surface area contributed by atoms with Crippen molar-refractivity contribution in [3.05, 3.63) is 35.9 Å². The Bertz CT molecular complexity index is 1200. The number of aliphatic carboxylic acids is 1. The molecule has 1 heterocycles. The van der Waals surface area contributed by atoms with Gasteiger partial charge < -0.3 is 42.3 Å². The average Bonchev–Trinajstić information content (AvgIpc) is 2.95. The van der Waals surface area contributed by atoms with Gasteiger partial charge in [0.05, 0.1) is 13.0 Å². The summed E-state index contributed by atoms with van der Waals surface area (Å²) in [6.07, 6.45) is -0.270. The molecule has 0 bridgehead atoms. The Morgan fingerprint density at radius 2 is 1.63 bits per heavy atom. The third-order valence-corrected chi connectivity index (χ3v) is 7.14. The van der Waals surface area contributed by atoms with Crippen LogP contribution < -0.4 is 27.4 Å². The van der Waals surface area contributed by atoms with Crippen molar-refractivity contribution < 1.29 is 33.9 Å². The van der Waals surface area contributed by atoms with Crippen LogP contribution in [0.15, 0.2) is 35.3 Å². The molecular weight excluding hydrogens is 560 g/mol. The Balaban J connectivity index is 2.54. The second kappa shape index (κ2) is 16.1. The van der Waals surface area contributed by atoms with Crippen molar-refractivity contribution in [3.63, 3.8) is 0 Å². The highest BCUT2D eigenvalue weighted by atomic mass is 16.4. The number of amides is 5. The summed E-state index contributed by atoms with van der Waals surface area (Å²) in [6.45, 7) is 3.06. The first-order chi connectivity index (χ1) is 20.2. The van der Waals surface area contributed by atoms with E-state index in [0.717, 1.165) is 4.90 Å². The summed E-state index contributed by atoms with van der Waals surface area (Å²) >= 11 is 0. The molecular formula is C28H42N8O7.